The Morgan fingerprint density at radius 1 is 1.32 bits per heavy atom. The molecule has 1 aromatic carbocycles. The maximum absolute atomic E-state index is 13.7. The van der Waals surface area contributed by atoms with E-state index < -0.39 is 33.8 Å². The number of benzene rings is 1. The summed E-state index contributed by atoms with van der Waals surface area (Å²) in [5, 5.41) is 17.1. The van der Waals surface area contributed by atoms with Crippen LogP contribution < -0.4 is 5.73 Å². The first-order chi connectivity index (χ1) is 8.84. The van der Waals surface area contributed by atoms with Crippen molar-refractivity contribution in [3.8, 4) is 12.1 Å². The lowest BCUT2D eigenvalue weighted by molar-refractivity contribution is 0.471. The fourth-order valence-electron chi connectivity index (χ4n) is 1.27. The van der Waals surface area contributed by atoms with Crippen LogP contribution in [-0.2, 0) is 10.0 Å². The van der Waals surface area contributed by atoms with Crippen molar-refractivity contribution in [3.05, 3.63) is 22.4 Å². The molecular weight excluding hydrogens is 339 g/mol. The van der Waals surface area contributed by atoms with Crippen LogP contribution in [0.5, 0.6) is 0 Å². The predicted octanol–water partition coefficient (Wildman–Crippen LogP) is 1.21. The first kappa shape index (κ1) is 15.4. The second-order valence-electron chi connectivity index (χ2n) is 3.39. The Labute approximate surface area is 118 Å². The summed E-state index contributed by atoms with van der Waals surface area (Å²) in [5.41, 5.74) is 5.54. The highest BCUT2D eigenvalue weighted by Crippen LogP contribution is 2.27. The maximum Gasteiger partial charge on any atom is 0.247 e. The highest BCUT2D eigenvalue weighted by atomic mass is 79.9. The Kier molecular flexibility index (Phi) is 4.84. The van der Waals surface area contributed by atoms with Crippen molar-refractivity contribution >= 4 is 31.6 Å². The van der Waals surface area contributed by atoms with Crippen LogP contribution in [0.3, 0.4) is 0 Å². The van der Waals surface area contributed by atoms with Gasteiger partial charge in [-0.2, -0.15) is 14.8 Å². The van der Waals surface area contributed by atoms with Gasteiger partial charge in [0.05, 0.1) is 12.1 Å². The molecule has 0 aromatic heterocycles. The van der Waals surface area contributed by atoms with E-state index in [1.807, 2.05) is 0 Å². The van der Waals surface area contributed by atoms with E-state index in [0.29, 0.717) is 4.31 Å². The second kappa shape index (κ2) is 5.97. The summed E-state index contributed by atoms with van der Waals surface area (Å²) in [6.45, 7) is -1.10. The van der Waals surface area contributed by atoms with Gasteiger partial charge < -0.3 is 5.73 Å². The minimum absolute atomic E-state index is 0.0360. The average molecular weight is 347 g/mol. The van der Waals surface area contributed by atoms with Gasteiger partial charge in [0.15, 0.2) is 0 Å². The number of hydrogen-bond acceptors (Lipinski definition) is 5. The zero-order valence-electron chi connectivity index (χ0n) is 9.47. The highest BCUT2D eigenvalue weighted by molar-refractivity contribution is 9.10. The lowest BCUT2D eigenvalue weighted by Gasteiger charge is -2.16. The molecule has 0 saturated carbocycles. The second-order valence-corrected chi connectivity index (χ2v) is 6.15. The number of sulfonamides is 1. The third-order valence-electron chi connectivity index (χ3n) is 2.16. The number of hydrogen-bond donors (Lipinski definition) is 1. The molecule has 2 N–H and O–H groups in total. The van der Waals surface area contributed by atoms with Crippen LogP contribution in [0.4, 0.5) is 10.1 Å². The number of nitrogens with two attached hydrogens (primary N) is 1. The average Bonchev–Trinajstić information content (AvgIpc) is 2.33. The van der Waals surface area contributed by atoms with E-state index in [4.69, 9.17) is 16.3 Å². The molecule has 6 nitrogen and oxygen atoms in total. The number of anilines is 1. The fraction of sp³-hybridized carbons (Fsp3) is 0.200. The summed E-state index contributed by atoms with van der Waals surface area (Å²) in [6.07, 6.45) is 0. The maximum atomic E-state index is 13.7. The van der Waals surface area contributed by atoms with Gasteiger partial charge in [0, 0.05) is 10.2 Å². The van der Waals surface area contributed by atoms with E-state index >= 15 is 0 Å². The molecule has 0 saturated heterocycles. The molecule has 0 heterocycles. The Bertz CT molecular complexity index is 662. The molecule has 0 bridgehead atoms. The van der Waals surface area contributed by atoms with E-state index in [1.54, 1.807) is 12.1 Å². The van der Waals surface area contributed by atoms with Crippen molar-refractivity contribution in [1.82, 2.24) is 4.31 Å². The minimum Gasteiger partial charge on any atom is -0.398 e. The van der Waals surface area contributed by atoms with Gasteiger partial charge in [-0.05, 0) is 28.1 Å². The van der Waals surface area contributed by atoms with Gasteiger partial charge >= 0.3 is 0 Å². The SMILES string of the molecule is N#CCN(CC#N)S(=O)(=O)c1cc(N)c(Br)cc1F. The number of halogens is 2. The van der Waals surface area contributed by atoms with E-state index in [1.165, 1.54) is 0 Å². The van der Waals surface area contributed by atoms with Crippen molar-refractivity contribution < 1.29 is 12.8 Å². The Balaban J connectivity index is 3.38. The molecule has 0 aliphatic carbocycles. The zero-order valence-corrected chi connectivity index (χ0v) is 11.9. The van der Waals surface area contributed by atoms with Crippen LogP contribution in [0.2, 0.25) is 0 Å². The van der Waals surface area contributed by atoms with E-state index in [-0.39, 0.29) is 10.2 Å². The highest BCUT2D eigenvalue weighted by Gasteiger charge is 2.28. The van der Waals surface area contributed by atoms with Gasteiger partial charge in [-0.25, -0.2) is 12.8 Å². The van der Waals surface area contributed by atoms with Crippen LogP contribution in [0.15, 0.2) is 21.5 Å². The molecule has 0 aliphatic rings. The summed E-state index contributed by atoms with van der Waals surface area (Å²) in [6, 6.07) is 5.07. The van der Waals surface area contributed by atoms with Crippen LogP contribution >= 0.6 is 15.9 Å². The Morgan fingerprint density at radius 2 is 1.84 bits per heavy atom. The first-order valence-electron chi connectivity index (χ1n) is 4.83. The van der Waals surface area contributed by atoms with Crippen LogP contribution in [-0.4, -0.2) is 25.8 Å². The van der Waals surface area contributed by atoms with Gasteiger partial charge in [0.25, 0.3) is 0 Å². The third-order valence-corrected chi connectivity index (χ3v) is 4.66. The molecule has 0 unspecified atom stereocenters. The van der Waals surface area contributed by atoms with Crippen molar-refractivity contribution in [2.45, 2.75) is 4.90 Å². The summed E-state index contributed by atoms with van der Waals surface area (Å²) in [4.78, 5) is -0.668. The van der Waals surface area contributed by atoms with Crippen LogP contribution in [0.25, 0.3) is 0 Å². The molecule has 0 spiro atoms. The molecule has 100 valence electrons. The standard InChI is InChI=1S/C10H8BrFN4O2S/c11-7-5-8(12)10(6-9(7)15)19(17,18)16(3-1-13)4-2-14/h5-6H,3-4,15H2. The zero-order chi connectivity index (χ0) is 14.6. The summed E-state index contributed by atoms with van der Waals surface area (Å²) >= 11 is 2.97. The summed E-state index contributed by atoms with van der Waals surface area (Å²) in [7, 11) is -4.28. The monoisotopic (exact) mass is 346 g/mol. The summed E-state index contributed by atoms with van der Waals surface area (Å²) < 4.78 is 38.7. The Hall–Kier alpha value is -1.68. The molecule has 9 heteroatoms. The predicted molar refractivity (Wildman–Crippen MR) is 68.5 cm³/mol. The molecule has 0 amide bonds. The van der Waals surface area contributed by atoms with Crippen LogP contribution in [0.1, 0.15) is 0 Å². The van der Waals surface area contributed by atoms with Crippen molar-refractivity contribution in [2.24, 2.45) is 0 Å². The van der Waals surface area contributed by atoms with Crippen molar-refractivity contribution in [1.29, 1.82) is 10.5 Å². The number of nitrogen functional groups attached to an aromatic ring is 1. The van der Waals surface area contributed by atoms with E-state index in [0.717, 1.165) is 12.1 Å². The molecule has 0 radical (unpaired) electrons. The molecule has 1 rings (SSSR count). The van der Waals surface area contributed by atoms with E-state index in [2.05, 4.69) is 15.9 Å². The molecule has 1 aromatic rings. The lowest BCUT2D eigenvalue weighted by atomic mass is 10.3. The summed E-state index contributed by atoms with van der Waals surface area (Å²) in [5.74, 6) is -1.01. The van der Waals surface area contributed by atoms with E-state index in [9.17, 15) is 12.8 Å². The molecule has 0 atom stereocenters. The number of nitriles is 2. The molecule has 0 aliphatic heterocycles. The fourth-order valence-corrected chi connectivity index (χ4v) is 2.90. The Morgan fingerprint density at radius 3 is 2.32 bits per heavy atom. The van der Waals surface area contributed by atoms with Crippen LogP contribution in [0, 0.1) is 28.5 Å². The van der Waals surface area contributed by atoms with Gasteiger partial charge in [0.2, 0.25) is 10.0 Å². The van der Waals surface area contributed by atoms with Crippen molar-refractivity contribution in [2.75, 3.05) is 18.8 Å². The normalized spacial score (nSPS) is 11.0. The topological polar surface area (TPSA) is 111 Å². The molecule has 0 fully saturated rings. The van der Waals surface area contributed by atoms with Crippen molar-refractivity contribution in [3.63, 3.8) is 0 Å². The lowest BCUT2D eigenvalue weighted by Crippen LogP contribution is -2.32. The quantitative estimate of drug-likeness (QED) is 0.650. The van der Waals surface area contributed by atoms with Gasteiger partial charge in [0.1, 0.15) is 23.8 Å². The number of nitrogens with zero attached hydrogens (tertiary/aromatic N) is 3. The van der Waals surface area contributed by atoms with Gasteiger partial charge in [-0.15, -0.1) is 0 Å². The smallest absolute Gasteiger partial charge is 0.247 e. The van der Waals surface area contributed by atoms with Gasteiger partial charge in [-0.3, -0.25) is 0 Å². The molecule has 19 heavy (non-hydrogen) atoms. The first-order valence-corrected chi connectivity index (χ1v) is 7.06. The largest absolute Gasteiger partial charge is 0.398 e. The van der Waals surface area contributed by atoms with Gasteiger partial charge in [-0.1, -0.05) is 0 Å². The number of rotatable bonds is 4. The molecular formula is C10H8BrFN4O2S. The third kappa shape index (κ3) is 3.20. The minimum atomic E-state index is -4.28.